The first-order chi connectivity index (χ1) is 10.3. The van der Waals surface area contributed by atoms with E-state index in [1.54, 1.807) is 24.3 Å². The average molecular weight is 318 g/mol. The maximum atomic E-state index is 11.9. The van der Waals surface area contributed by atoms with Crippen molar-refractivity contribution in [3.8, 4) is 0 Å². The second-order valence-corrected chi connectivity index (χ2v) is 5.43. The quantitative estimate of drug-likeness (QED) is 0.587. The van der Waals surface area contributed by atoms with Crippen molar-refractivity contribution in [1.82, 2.24) is 0 Å². The van der Waals surface area contributed by atoms with Gasteiger partial charge in [0.05, 0.1) is 10.7 Å². The number of benzene rings is 2. The highest BCUT2D eigenvalue weighted by Crippen LogP contribution is 2.24. The Bertz CT molecular complexity index is 724. The summed E-state index contributed by atoms with van der Waals surface area (Å²) >= 11 is 5.95. The monoisotopic (exact) mass is 317 g/mol. The fourth-order valence-corrected chi connectivity index (χ4v) is 2.28. The summed E-state index contributed by atoms with van der Waals surface area (Å²) in [7, 11) is 0. The Morgan fingerprint density at radius 2 is 1.55 bits per heavy atom. The number of aryl methyl sites for hydroxylation is 2. The van der Waals surface area contributed by atoms with E-state index in [1.807, 2.05) is 19.9 Å². The van der Waals surface area contributed by atoms with Gasteiger partial charge in [-0.2, -0.15) is 0 Å². The summed E-state index contributed by atoms with van der Waals surface area (Å²) in [4.78, 5) is 23.8. The van der Waals surface area contributed by atoms with E-state index in [9.17, 15) is 9.59 Å². The zero-order valence-electron chi connectivity index (χ0n) is 12.2. The lowest BCUT2D eigenvalue weighted by Gasteiger charge is -2.09. The molecule has 0 heterocycles. The Morgan fingerprint density at radius 1 is 0.955 bits per heavy atom. The molecule has 5 nitrogen and oxygen atoms in total. The summed E-state index contributed by atoms with van der Waals surface area (Å²) in [5.41, 5.74) is 8.94. The van der Waals surface area contributed by atoms with Gasteiger partial charge in [-0.15, -0.1) is 0 Å². The molecule has 2 aromatic carbocycles. The van der Waals surface area contributed by atoms with Gasteiger partial charge >= 0.3 is 11.8 Å². The van der Waals surface area contributed by atoms with Crippen molar-refractivity contribution in [3.63, 3.8) is 0 Å². The molecule has 0 unspecified atom stereocenters. The van der Waals surface area contributed by atoms with Crippen molar-refractivity contribution in [1.29, 1.82) is 0 Å². The third-order valence-electron chi connectivity index (χ3n) is 2.93. The average Bonchev–Trinajstić information content (AvgIpc) is 2.40. The molecular weight excluding hydrogens is 302 g/mol. The fourth-order valence-electron chi connectivity index (χ4n) is 2.05. The first-order valence-corrected chi connectivity index (χ1v) is 6.98. The van der Waals surface area contributed by atoms with Crippen molar-refractivity contribution in [2.75, 3.05) is 16.4 Å². The SMILES string of the molecule is Cc1cc(C)cc(NC(=O)C(=O)Nc2ccc(N)cc2Cl)c1. The molecule has 0 bridgehead atoms. The van der Waals surface area contributed by atoms with E-state index in [2.05, 4.69) is 10.6 Å². The smallest absolute Gasteiger partial charge is 0.314 e. The number of halogens is 1. The summed E-state index contributed by atoms with van der Waals surface area (Å²) in [5, 5.41) is 5.27. The number of anilines is 3. The first kappa shape index (κ1) is 15.9. The third kappa shape index (κ3) is 3.99. The number of nitrogens with one attached hydrogen (secondary N) is 2. The molecule has 2 amide bonds. The Kier molecular flexibility index (Phi) is 4.68. The van der Waals surface area contributed by atoms with Gasteiger partial charge in [-0.25, -0.2) is 0 Å². The van der Waals surface area contributed by atoms with Crippen molar-refractivity contribution in [2.24, 2.45) is 0 Å². The molecular formula is C16H16ClN3O2. The molecule has 0 saturated heterocycles. The van der Waals surface area contributed by atoms with Gasteiger partial charge < -0.3 is 16.4 Å². The lowest BCUT2D eigenvalue weighted by molar-refractivity contribution is -0.132. The van der Waals surface area contributed by atoms with E-state index in [4.69, 9.17) is 17.3 Å². The predicted molar refractivity (Wildman–Crippen MR) is 89.0 cm³/mol. The van der Waals surface area contributed by atoms with Gasteiger partial charge in [-0.1, -0.05) is 17.7 Å². The summed E-state index contributed by atoms with van der Waals surface area (Å²) in [5.74, 6) is -1.57. The van der Waals surface area contributed by atoms with Gasteiger partial charge in [0.15, 0.2) is 0 Å². The zero-order valence-corrected chi connectivity index (χ0v) is 13.0. The minimum Gasteiger partial charge on any atom is -0.399 e. The molecule has 2 rings (SSSR count). The van der Waals surface area contributed by atoms with Crippen LogP contribution in [0.3, 0.4) is 0 Å². The van der Waals surface area contributed by atoms with Crippen molar-refractivity contribution >= 4 is 40.5 Å². The molecule has 22 heavy (non-hydrogen) atoms. The highest BCUT2D eigenvalue weighted by molar-refractivity contribution is 6.44. The molecule has 0 radical (unpaired) electrons. The van der Waals surface area contributed by atoms with Gasteiger partial charge in [0.2, 0.25) is 0 Å². The van der Waals surface area contributed by atoms with Crippen molar-refractivity contribution in [3.05, 3.63) is 52.5 Å². The number of carbonyl (C=O) groups is 2. The number of hydrogen-bond acceptors (Lipinski definition) is 3. The Morgan fingerprint density at radius 3 is 2.14 bits per heavy atom. The van der Waals surface area contributed by atoms with Gasteiger partial charge in [-0.3, -0.25) is 9.59 Å². The van der Waals surface area contributed by atoms with Crippen LogP contribution in [0.15, 0.2) is 36.4 Å². The standard InChI is InChI=1S/C16H16ClN3O2/c1-9-5-10(2)7-12(6-9)19-15(21)16(22)20-14-4-3-11(18)8-13(14)17/h3-8H,18H2,1-2H3,(H,19,21)(H,20,22). The topological polar surface area (TPSA) is 84.2 Å². The highest BCUT2D eigenvalue weighted by atomic mass is 35.5. The molecule has 6 heteroatoms. The summed E-state index contributed by atoms with van der Waals surface area (Å²) in [6.07, 6.45) is 0. The number of nitrogens with two attached hydrogens (primary N) is 1. The molecule has 0 saturated carbocycles. The van der Waals surface area contributed by atoms with Gasteiger partial charge in [-0.05, 0) is 55.3 Å². The minimum atomic E-state index is -0.800. The molecule has 0 aliphatic carbocycles. The Labute approximate surface area is 133 Å². The van der Waals surface area contributed by atoms with Crippen molar-refractivity contribution in [2.45, 2.75) is 13.8 Å². The molecule has 0 aliphatic rings. The van der Waals surface area contributed by atoms with Crippen LogP contribution >= 0.6 is 11.6 Å². The summed E-state index contributed by atoms with van der Waals surface area (Å²) in [6, 6.07) is 10.2. The second kappa shape index (κ2) is 6.49. The van der Waals surface area contributed by atoms with E-state index in [0.717, 1.165) is 11.1 Å². The maximum Gasteiger partial charge on any atom is 0.314 e. The summed E-state index contributed by atoms with van der Waals surface area (Å²) < 4.78 is 0. The van der Waals surface area contributed by atoms with Gasteiger partial charge in [0, 0.05) is 11.4 Å². The molecule has 4 N–H and O–H groups in total. The first-order valence-electron chi connectivity index (χ1n) is 6.61. The molecule has 0 aromatic heterocycles. The van der Waals surface area contributed by atoms with E-state index < -0.39 is 11.8 Å². The van der Waals surface area contributed by atoms with Crippen LogP contribution in [0.25, 0.3) is 0 Å². The van der Waals surface area contributed by atoms with Crippen LogP contribution in [0.5, 0.6) is 0 Å². The fraction of sp³-hybridized carbons (Fsp3) is 0.125. The van der Waals surface area contributed by atoms with E-state index in [-0.39, 0.29) is 5.02 Å². The molecule has 0 atom stereocenters. The van der Waals surface area contributed by atoms with E-state index in [0.29, 0.717) is 17.1 Å². The van der Waals surface area contributed by atoms with E-state index >= 15 is 0 Å². The largest absolute Gasteiger partial charge is 0.399 e. The lowest BCUT2D eigenvalue weighted by atomic mass is 10.1. The van der Waals surface area contributed by atoms with Crippen molar-refractivity contribution < 1.29 is 9.59 Å². The van der Waals surface area contributed by atoms with Gasteiger partial charge in [0.25, 0.3) is 0 Å². The number of rotatable bonds is 2. The molecule has 0 fully saturated rings. The number of amides is 2. The normalized spacial score (nSPS) is 10.1. The van der Waals surface area contributed by atoms with Crippen LogP contribution < -0.4 is 16.4 Å². The highest BCUT2D eigenvalue weighted by Gasteiger charge is 2.15. The third-order valence-corrected chi connectivity index (χ3v) is 3.24. The zero-order chi connectivity index (χ0) is 16.3. The van der Waals surface area contributed by atoms with Crippen LogP contribution in [0.4, 0.5) is 17.1 Å². The molecule has 0 aliphatic heterocycles. The van der Waals surface area contributed by atoms with E-state index in [1.165, 1.54) is 6.07 Å². The molecule has 2 aromatic rings. The van der Waals surface area contributed by atoms with Crippen LogP contribution in [0.2, 0.25) is 5.02 Å². The van der Waals surface area contributed by atoms with Crippen LogP contribution in [0.1, 0.15) is 11.1 Å². The van der Waals surface area contributed by atoms with Gasteiger partial charge in [0.1, 0.15) is 0 Å². The summed E-state index contributed by atoms with van der Waals surface area (Å²) in [6.45, 7) is 3.83. The number of carbonyl (C=O) groups excluding carboxylic acids is 2. The van der Waals surface area contributed by atoms with Crippen LogP contribution in [-0.2, 0) is 9.59 Å². The number of hydrogen-bond donors (Lipinski definition) is 3. The Hall–Kier alpha value is -2.53. The van der Waals surface area contributed by atoms with Crippen LogP contribution in [-0.4, -0.2) is 11.8 Å². The van der Waals surface area contributed by atoms with Crippen LogP contribution in [0, 0.1) is 13.8 Å². The maximum absolute atomic E-state index is 11.9. The second-order valence-electron chi connectivity index (χ2n) is 5.02. The minimum absolute atomic E-state index is 0.271. The predicted octanol–water partition coefficient (Wildman–Crippen LogP) is 3.12. The number of nitrogen functional groups attached to an aromatic ring is 1. The molecule has 0 spiro atoms. The Balaban J connectivity index is 2.07. The lowest BCUT2D eigenvalue weighted by Crippen LogP contribution is -2.29. The molecule has 114 valence electrons.